The van der Waals surface area contributed by atoms with Gasteiger partial charge in [0.1, 0.15) is 5.69 Å². The highest BCUT2D eigenvalue weighted by Crippen LogP contribution is 2.21. The van der Waals surface area contributed by atoms with Gasteiger partial charge in [-0.1, -0.05) is 0 Å². The molecule has 0 aromatic carbocycles. The van der Waals surface area contributed by atoms with E-state index in [1.807, 2.05) is 12.1 Å². The average Bonchev–Trinajstić information content (AvgIpc) is 2.82. The van der Waals surface area contributed by atoms with Gasteiger partial charge in [-0.25, -0.2) is 0 Å². The standard InChI is InChI=1S/C11H11BrN4OS/c12-10-2-1-8(18-10)6-15-11(17)9-5-7(16-13)3-4-14-9/h1-5H,6,13H2,(H,14,16)(H,15,17). The number of rotatable bonds is 4. The summed E-state index contributed by atoms with van der Waals surface area (Å²) in [5, 5.41) is 2.80. The second kappa shape index (κ2) is 5.94. The lowest BCUT2D eigenvalue weighted by Gasteiger charge is -2.04. The summed E-state index contributed by atoms with van der Waals surface area (Å²) in [5.74, 6) is 5.05. The number of nitrogens with one attached hydrogen (secondary N) is 2. The van der Waals surface area contributed by atoms with Gasteiger partial charge in [-0.3, -0.25) is 15.6 Å². The van der Waals surface area contributed by atoms with E-state index in [0.717, 1.165) is 8.66 Å². The van der Waals surface area contributed by atoms with Crippen LogP contribution in [0.4, 0.5) is 5.69 Å². The van der Waals surface area contributed by atoms with E-state index >= 15 is 0 Å². The summed E-state index contributed by atoms with van der Waals surface area (Å²) >= 11 is 4.96. The fraction of sp³-hybridized carbons (Fsp3) is 0.0909. The summed E-state index contributed by atoms with van der Waals surface area (Å²) in [6, 6.07) is 7.19. The molecule has 0 bridgehead atoms. The number of nitrogen functional groups attached to an aromatic ring is 1. The molecular weight excluding hydrogens is 316 g/mol. The lowest BCUT2D eigenvalue weighted by molar-refractivity contribution is 0.0946. The van der Waals surface area contributed by atoms with Gasteiger partial charge in [0, 0.05) is 11.1 Å². The molecule has 0 atom stereocenters. The van der Waals surface area contributed by atoms with E-state index in [1.165, 1.54) is 6.20 Å². The van der Waals surface area contributed by atoms with Crippen LogP contribution in [0.3, 0.4) is 0 Å². The van der Waals surface area contributed by atoms with Crippen LogP contribution in [0.1, 0.15) is 15.4 Å². The van der Waals surface area contributed by atoms with Crippen LogP contribution in [-0.2, 0) is 6.54 Å². The molecule has 2 rings (SSSR count). The zero-order valence-electron chi connectivity index (χ0n) is 9.31. The minimum atomic E-state index is -0.225. The molecule has 7 heteroatoms. The summed E-state index contributed by atoms with van der Waals surface area (Å²) in [7, 11) is 0. The molecule has 0 fully saturated rings. The SMILES string of the molecule is NNc1ccnc(C(=O)NCc2ccc(Br)s2)c1. The summed E-state index contributed by atoms with van der Waals surface area (Å²) in [6.07, 6.45) is 1.53. The second-order valence-electron chi connectivity index (χ2n) is 3.46. The molecule has 0 saturated heterocycles. The molecule has 1 amide bonds. The van der Waals surface area contributed by atoms with Gasteiger partial charge < -0.3 is 10.7 Å². The van der Waals surface area contributed by atoms with Crippen LogP contribution < -0.4 is 16.6 Å². The molecule has 0 unspecified atom stereocenters. The predicted molar refractivity (Wildman–Crippen MR) is 75.2 cm³/mol. The van der Waals surface area contributed by atoms with Crippen molar-refractivity contribution in [2.24, 2.45) is 5.84 Å². The number of aromatic nitrogens is 1. The third-order valence-corrected chi connectivity index (χ3v) is 3.83. The van der Waals surface area contributed by atoms with Crippen molar-refractivity contribution < 1.29 is 4.79 Å². The first-order valence-corrected chi connectivity index (χ1v) is 6.75. The highest BCUT2D eigenvalue weighted by atomic mass is 79.9. The Morgan fingerprint density at radius 3 is 2.94 bits per heavy atom. The van der Waals surface area contributed by atoms with Gasteiger partial charge in [-0.05, 0) is 40.2 Å². The number of thiophene rings is 1. The second-order valence-corrected chi connectivity index (χ2v) is 6.01. The Morgan fingerprint density at radius 1 is 1.44 bits per heavy atom. The van der Waals surface area contributed by atoms with Gasteiger partial charge in [0.05, 0.1) is 16.0 Å². The molecule has 0 aliphatic carbocycles. The maximum atomic E-state index is 11.8. The molecule has 0 saturated carbocycles. The smallest absolute Gasteiger partial charge is 0.270 e. The average molecular weight is 327 g/mol. The fourth-order valence-electron chi connectivity index (χ4n) is 1.35. The number of halogens is 1. The fourth-order valence-corrected chi connectivity index (χ4v) is 2.77. The quantitative estimate of drug-likeness (QED) is 0.594. The van der Waals surface area contributed by atoms with Gasteiger partial charge >= 0.3 is 0 Å². The van der Waals surface area contributed by atoms with Gasteiger partial charge in [-0.15, -0.1) is 11.3 Å². The summed E-state index contributed by atoms with van der Waals surface area (Å²) < 4.78 is 1.04. The monoisotopic (exact) mass is 326 g/mol. The van der Waals surface area contributed by atoms with Crippen molar-refractivity contribution in [2.45, 2.75) is 6.54 Å². The third kappa shape index (κ3) is 3.28. The number of nitrogens with zero attached hydrogens (tertiary/aromatic N) is 1. The molecule has 2 aromatic heterocycles. The normalized spacial score (nSPS) is 10.1. The molecule has 0 radical (unpaired) electrons. The first kappa shape index (κ1) is 13.0. The van der Waals surface area contributed by atoms with E-state index in [-0.39, 0.29) is 5.91 Å². The summed E-state index contributed by atoms with van der Waals surface area (Å²) in [4.78, 5) is 16.9. The van der Waals surface area contributed by atoms with E-state index in [0.29, 0.717) is 17.9 Å². The number of amides is 1. The van der Waals surface area contributed by atoms with Crippen LogP contribution in [0.15, 0.2) is 34.2 Å². The predicted octanol–water partition coefficient (Wildman–Crippen LogP) is 2.12. The van der Waals surface area contributed by atoms with Crippen molar-refractivity contribution in [3.8, 4) is 0 Å². The van der Waals surface area contributed by atoms with Crippen molar-refractivity contribution in [2.75, 3.05) is 5.43 Å². The highest BCUT2D eigenvalue weighted by molar-refractivity contribution is 9.11. The van der Waals surface area contributed by atoms with Gasteiger partial charge in [0.25, 0.3) is 5.91 Å². The number of hydrogen-bond acceptors (Lipinski definition) is 5. The Kier molecular flexibility index (Phi) is 4.29. The van der Waals surface area contributed by atoms with E-state index < -0.39 is 0 Å². The van der Waals surface area contributed by atoms with Crippen molar-refractivity contribution in [1.82, 2.24) is 10.3 Å². The maximum Gasteiger partial charge on any atom is 0.270 e. The zero-order chi connectivity index (χ0) is 13.0. The first-order chi connectivity index (χ1) is 8.69. The first-order valence-electron chi connectivity index (χ1n) is 5.14. The van der Waals surface area contributed by atoms with Crippen LogP contribution in [0.2, 0.25) is 0 Å². The summed E-state index contributed by atoms with van der Waals surface area (Å²) in [5.41, 5.74) is 3.46. The minimum Gasteiger partial charge on any atom is -0.346 e. The number of hydrogen-bond donors (Lipinski definition) is 3. The molecule has 94 valence electrons. The number of pyridine rings is 1. The Morgan fingerprint density at radius 2 is 2.28 bits per heavy atom. The third-order valence-electron chi connectivity index (χ3n) is 2.21. The Balaban J connectivity index is 1.99. The highest BCUT2D eigenvalue weighted by Gasteiger charge is 2.08. The topological polar surface area (TPSA) is 80.0 Å². The lowest BCUT2D eigenvalue weighted by Crippen LogP contribution is -2.23. The number of hydrazine groups is 1. The molecule has 0 spiro atoms. The van der Waals surface area contributed by atoms with Crippen LogP contribution in [0, 0.1) is 0 Å². The molecular formula is C11H11BrN4OS. The molecule has 5 nitrogen and oxygen atoms in total. The lowest BCUT2D eigenvalue weighted by atomic mass is 10.3. The van der Waals surface area contributed by atoms with E-state index in [2.05, 4.69) is 31.7 Å². The van der Waals surface area contributed by atoms with Gasteiger partial charge in [-0.2, -0.15) is 0 Å². The molecule has 2 aromatic rings. The van der Waals surface area contributed by atoms with Crippen LogP contribution in [0.25, 0.3) is 0 Å². The zero-order valence-corrected chi connectivity index (χ0v) is 11.7. The Hall–Kier alpha value is -1.44. The minimum absolute atomic E-state index is 0.225. The molecule has 0 aliphatic rings. The maximum absolute atomic E-state index is 11.8. The van der Waals surface area contributed by atoms with Crippen molar-refractivity contribution in [3.05, 3.63) is 44.8 Å². The molecule has 0 aliphatic heterocycles. The van der Waals surface area contributed by atoms with Crippen LogP contribution in [-0.4, -0.2) is 10.9 Å². The van der Waals surface area contributed by atoms with Crippen LogP contribution >= 0.6 is 27.3 Å². The molecule has 4 N–H and O–H groups in total. The molecule has 2 heterocycles. The van der Waals surface area contributed by atoms with E-state index in [9.17, 15) is 4.79 Å². The van der Waals surface area contributed by atoms with Crippen molar-refractivity contribution in [1.29, 1.82) is 0 Å². The molecule has 18 heavy (non-hydrogen) atoms. The summed E-state index contributed by atoms with van der Waals surface area (Å²) in [6.45, 7) is 0.483. The Bertz CT molecular complexity index is 557. The van der Waals surface area contributed by atoms with E-state index in [1.54, 1.807) is 23.5 Å². The number of nitrogens with two attached hydrogens (primary N) is 1. The number of anilines is 1. The van der Waals surface area contributed by atoms with Crippen LogP contribution in [0.5, 0.6) is 0 Å². The number of carbonyl (C=O) groups is 1. The van der Waals surface area contributed by atoms with Gasteiger partial charge in [0.2, 0.25) is 0 Å². The largest absolute Gasteiger partial charge is 0.346 e. The number of carbonyl (C=O) groups excluding carboxylic acids is 1. The van der Waals surface area contributed by atoms with Crippen molar-refractivity contribution >= 4 is 38.9 Å². The van der Waals surface area contributed by atoms with Gasteiger partial charge in [0.15, 0.2) is 0 Å². The Labute approximate surface area is 117 Å². The van der Waals surface area contributed by atoms with E-state index in [4.69, 9.17) is 5.84 Å². The van der Waals surface area contributed by atoms with Crippen molar-refractivity contribution in [3.63, 3.8) is 0 Å².